The van der Waals surface area contributed by atoms with E-state index in [4.69, 9.17) is 11.6 Å². The number of rotatable bonds is 2. The molecule has 4 nitrogen and oxygen atoms in total. The molecule has 6 heteroatoms. The number of nitrogens with zero attached hydrogens (tertiary/aromatic N) is 2. The van der Waals surface area contributed by atoms with Gasteiger partial charge in [0.15, 0.2) is 0 Å². The molecular weight excluding hydrogens is 284 g/mol. The molecule has 1 N–H and O–H groups in total. The maximum atomic E-state index is 11.5. The Labute approximate surface area is 119 Å². The van der Waals surface area contributed by atoms with Crippen molar-refractivity contribution in [1.29, 1.82) is 0 Å². The summed E-state index contributed by atoms with van der Waals surface area (Å²) < 4.78 is 0. The topological polar surface area (TPSA) is 63.1 Å². The standard InChI is InChI=1S/C13H13ClN2O2S/c1-2-13(12(17)18)4-3-7-8(5-13)19-11-9(7)10(14)15-6-16-11/h6H,2-5H2,1H3,(H,17,18)/t13-/m1/s1. The lowest BCUT2D eigenvalue weighted by atomic mass is 9.72. The van der Waals surface area contributed by atoms with Gasteiger partial charge in [-0.15, -0.1) is 11.3 Å². The smallest absolute Gasteiger partial charge is 0.309 e. The lowest BCUT2D eigenvalue weighted by molar-refractivity contribution is -0.149. The fraction of sp³-hybridized carbons (Fsp3) is 0.462. The molecular formula is C13H13ClN2O2S. The number of hydrogen-bond acceptors (Lipinski definition) is 4. The van der Waals surface area contributed by atoms with Crippen molar-refractivity contribution in [3.63, 3.8) is 0 Å². The summed E-state index contributed by atoms with van der Waals surface area (Å²) in [4.78, 5) is 21.8. The van der Waals surface area contributed by atoms with Crippen LogP contribution in [0.1, 0.15) is 30.2 Å². The average molecular weight is 297 g/mol. The van der Waals surface area contributed by atoms with Crippen LogP contribution in [0.25, 0.3) is 10.2 Å². The van der Waals surface area contributed by atoms with Gasteiger partial charge in [-0.3, -0.25) is 4.79 Å². The molecule has 0 aromatic carbocycles. The van der Waals surface area contributed by atoms with Crippen LogP contribution in [0.2, 0.25) is 5.15 Å². The first-order valence-electron chi connectivity index (χ1n) is 6.21. The number of aryl methyl sites for hydroxylation is 1. The third kappa shape index (κ3) is 1.83. The summed E-state index contributed by atoms with van der Waals surface area (Å²) in [5, 5.41) is 10.9. The summed E-state index contributed by atoms with van der Waals surface area (Å²) in [6.07, 6.45) is 4.07. The van der Waals surface area contributed by atoms with Gasteiger partial charge in [-0.05, 0) is 31.2 Å². The van der Waals surface area contributed by atoms with Crippen LogP contribution in [-0.4, -0.2) is 21.0 Å². The second kappa shape index (κ2) is 4.42. The number of aromatic nitrogens is 2. The fourth-order valence-corrected chi connectivity index (χ4v) is 4.43. The van der Waals surface area contributed by atoms with Gasteiger partial charge >= 0.3 is 5.97 Å². The maximum absolute atomic E-state index is 11.5. The third-order valence-corrected chi connectivity index (χ3v) is 5.53. The van der Waals surface area contributed by atoms with Crippen LogP contribution >= 0.6 is 22.9 Å². The van der Waals surface area contributed by atoms with Crippen LogP contribution in [0, 0.1) is 5.41 Å². The number of carboxylic acid groups (broad SMARTS) is 1. The van der Waals surface area contributed by atoms with Crippen molar-refractivity contribution in [3.05, 3.63) is 21.9 Å². The SMILES string of the molecule is CC[C@@]1(C(=O)O)CCc2c(sc3ncnc(Cl)c23)C1. The molecule has 19 heavy (non-hydrogen) atoms. The first kappa shape index (κ1) is 12.8. The predicted octanol–water partition coefficient (Wildman–Crippen LogP) is 3.31. The first-order valence-corrected chi connectivity index (χ1v) is 7.41. The fourth-order valence-electron chi connectivity index (χ4n) is 2.80. The molecule has 2 aromatic heterocycles. The van der Waals surface area contributed by atoms with Crippen molar-refractivity contribution in [2.45, 2.75) is 32.6 Å². The van der Waals surface area contributed by atoms with Crippen LogP contribution in [0.3, 0.4) is 0 Å². The molecule has 2 aromatic rings. The second-order valence-electron chi connectivity index (χ2n) is 4.96. The van der Waals surface area contributed by atoms with Crippen LogP contribution in [0.15, 0.2) is 6.33 Å². The van der Waals surface area contributed by atoms with Gasteiger partial charge in [-0.25, -0.2) is 9.97 Å². The van der Waals surface area contributed by atoms with Gasteiger partial charge in [0.05, 0.1) is 10.8 Å². The highest BCUT2D eigenvalue weighted by molar-refractivity contribution is 7.19. The summed E-state index contributed by atoms with van der Waals surface area (Å²) in [6, 6.07) is 0. The van der Waals surface area contributed by atoms with Gasteiger partial charge in [-0.2, -0.15) is 0 Å². The Kier molecular flexibility index (Phi) is 2.98. The molecule has 0 radical (unpaired) electrons. The lowest BCUT2D eigenvalue weighted by Crippen LogP contribution is -2.35. The van der Waals surface area contributed by atoms with Crippen molar-refractivity contribution >= 4 is 39.1 Å². The van der Waals surface area contributed by atoms with Gasteiger partial charge in [0, 0.05) is 4.88 Å². The number of aliphatic carboxylic acids is 1. The van der Waals surface area contributed by atoms with E-state index >= 15 is 0 Å². The van der Waals surface area contributed by atoms with E-state index in [1.807, 2.05) is 6.92 Å². The molecule has 0 amide bonds. The Bertz CT molecular complexity index is 670. The van der Waals surface area contributed by atoms with E-state index in [-0.39, 0.29) is 0 Å². The largest absolute Gasteiger partial charge is 0.481 e. The number of thiophene rings is 1. The van der Waals surface area contributed by atoms with Crippen molar-refractivity contribution < 1.29 is 9.90 Å². The van der Waals surface area contributed by atoms with Gasteiger partial charge < -0.3 is 5.11 Å². The predicted molar refractivity (Wildman–Crippen MR) is 74.8 cm³/mol. The lowest BCUT2D eigenvalue weighted by Gasteiger charge is -2.32. The number of hydrogen-bond donors (Lipinski definition) is 1. The molecule has 0 saturated carbocycles. The average Bonchev–Trinajstić information content (AvgIpc) is 2.76. The zero-order valence-electron chi connectivity index (χ0n) is 10.4. The number of fused-ring (bicyclic) bond motifs is 3. The number of halogens is 1. The molecule has 0 fully saturated rings. The van der Waals surface area contributed by atoms with Crippen molar-refractivity contribution in [1.82, 2.24) is 9.97 Å². The maximum Gasteiger partial charge on any atom is 0.309 e. The van der Waals surface area contributed by atoms with Crippen LogP contribution < -0.4 is 0 Å². The molecule has 3 rings (SSSR count). The van der Waals surface area contributed by atoms with Gasteiger partial charge in [0.2, 0.25) is 0 Å². The molecule has 100 valence electrons. The normalized spacial score (nSPS) is 22.4. The highest BCUT2D eigenvalue weighted by Crippen LogP contribution is 2.45. The highest BCUT2D eigenvalue weighted by atomic mass is 35.5. The molecule has 0 aliphatic heterocycles. The summed E-state index contributed by atoms with van der Waals surface area (Å²) in [6.45, 7) is 1.94. The number of carboxylic acids is 1. The zero-order chi connectivity index (χ0) is 13.6. The van der Waals surface area contributed by atoms with E-state index in [0.717, 1.165) is 27.1 Å². The molecule has 1 atom stereocenters. The minimum atomic E-state index is -0.699. The Morgan fingerprint density at radius 3 is 3.05 bits per heavy atom. The quantitative estimate of drug-likeness (QED) is 0.864. The Balaban J connectivity index is 2.15. The molecule has 0 spiro atoms. The molecule has 2 heterocycles. The van der Waals surface area contributed by atoms with E-state index in [2.05, 4.69) is 9.97 Å². The Morgan fingerprint density at radius 2 is 2.37 bits per heavy atom. The molecule has 1 aliphatic carbocycles. The van der Waals surface area contributed by atoms with Crippen molar-refractivity contribution in [2.24, 2.45) is 5.41 Å². The third-order valence-electron chi connectivity index (χ3n) is 4.11. The first-order chi connectivity index (χ1) is 9.07. The van der Waals surface area contributed by atoms with Crippen LogP contribution in [0.4, 0.5) is 0 Å². The summed E-state index contributed by atoms with van der Waals surface area (Å²) in [5.41, 5.74) is 0.518. The van der Waals surface area contributed by atoms with Crippen LogP contribution in [0.5, 0.6) is 0 Å². The number of carbonyl (C=O) groups is 1. The minimum Gasteiger partial charge on any atom is -0.481 e. The van der Waals surface area contributed by atoms with Crippen molar-refractivity contribution in [2.75, 3.05) is 0 Å². The van der Waals surface area contributed by atoms with Gasteiger partial charge in [-0.1, -0.05) is 18.5 Å². The van der Waals surface area contributed by atoms with E-state index in [0.29, 0.717) is 24.4 Å². The second-order valence-corrected chi connectivity index (χ2v) is 6.41. The molecule has 0 bridgehead atoms. The van der Waals surface area contributed by atoms with E-state index in [9.17, 15) is 9.90 Å². The van der Waals surface area contributed by atoms with E-state index < -0.39 is 11.4 Å². The van der Waals surface area contributed by atoms with Crippen LogP contribution in [-0.2, 0) is 17.6 Å². The summed E-state index contributed by atoms with van der Waals surface area (Å²) in [5.74, 6) is -0.699. The van der Waals surface area contributed by atoms with Gasteiger partial charge in [0.1, 0.15) is 16.3 Å². The monoisotopic (exact) mass is 296 g/mol. The Morgan fingerprint density at radius 1 is 1.58 bits per heavy atom. The highest BCUT2D eigenvalue weighted by Gasteiger charge is 2.41. The molecule has 1 aliphatic rings. The van der Waals surface area contributed by atoms with Crippen molar-refractivity contribution in [3.8, 4) is 0 Å². The van der Waals surface area contributed by atoms with E-state index in [1.165, 1.54) is 6.33 Å². The molecule has 0 unspecified atom stereocenters. The van der Waals surface area contributed by atoms with E-state index in [1.54, 1.807) is 11.3 Å². The Hall–Kier alpha value is -1.20. The minimum absolute atomic E-state index is 0.474. The molecule has 0 saturated heterocycles. The summed E-state index contributed by atoms with van der Waals surface area (Å²) in [7, 11) is 0. The van der Waals surface area contributed by atoms with Gasteiger partial charge in [0.25, 0.3) is 0 Å². The zero-order valence-corrected chi connectivity index (χ0v) is 12.0. The summed E-state index contributed by atoms with van der Waals surface area (Å²) >= 11 is 7.69.